The topological polar surface area (TPSA) is 256 Å². The van der Waals surface area contributed by atoms with Crippen LogP contribution in [0.5, 0.6) is 0 Å². The van der Waals surface area contributed by atoms with Crippen LogP contribution in [-0.2, 0) is 18.4 Å². The Morgan fingerprint density at radius 3 is 1.53 bits per heavy atom. The Morgan fingerprint density at radius 1 is 0.707 bits per heavy atom. The number of aliphatic hydroxyl groups excluding tert-OH is 2. The Balaban J connectivity index is 0.000000247. The highest BCUT2D eigenvalue weighted by Gasteiger charge is 2.56. The molecule has 2 amide bonds. The molecule has 0 saturated carbocycles. The minimum atomic E-state index is -2.28. The van der Waals surface area contributed by atoms with Crippen LogP contribution in [0.2, 0.25) is 46.8 Å². The van der Waals surface area contributed by atoms with Crippen LogP contribution in [0.1, 0.15) is 52.3 Å². The molecule has 8 N–H and O–H groups in total. The van der Waals surface area contributed by atoms with E-state index in [1.54, 1.807) is 13.4 Å². The van der Waals surface area contributed by atoms with Gasteiger partial charge in [0.2, 0.25) is 22.4 Å². The average molecular weight is 918 g/mol. The predicted octanol–water partition coefficient (Wildman–Crippen LogP) is 4.35. The molecule has 8 atom stereocenters. The number of imidazole rings is 2. The molecule has 0 spiro atoms. The fraction of sp³-hybridized carbons (Fsp3) is 0.647. The Kier molecular flexibility index (Phi) is 13.5. The monoisotopic (exact) mass is 916 g/mol. The molecule has 0 bridgehead atoms. The highest BCUT2D eigenvalue weighted by Crippen LogP contribution is 2.52. The van der Waals surface area contributed by atoms with E-state index in [9.17, 15) is 19.8 Å². The third-order valence-corrected chi connectivity index (χ3v) is 23.7. The number of rotatable bonds is 8. The standard InChI is InChI=1S/C23H41ClN6O3SSi2.C11H13ClN6O3S/c1-22(2,3)35(8,9)32-14-15(33-36(10,11)23(4,5)6)20(34-16(14)19(31)26-7)30-12-27-13-17(25)28-21(24)29-18(13)30;1-14-9(21)6-4(19)5(20)10(22-6)18-2-15-3-7(13)16-11(12)17-8(3)18/h12,14-16,20H,1-11H3,(H,26,31)(H2,25,28,29);2,4-6,10,19-20H,1H3,(H,14,21)(H2,13,16,17). The van der Waals surface area contributed by atoms with Crippen molar-refractivity contribution in [2.75, 3.05) is 25.6 Å². The van der Waals surface area contributed by atoms with Crippen molar-refractivity contribution >= 4 is 109 Å². The van der Waals surface area contributed by atoms with Crippen LogP contribution in [0.3, 0.4) is 0 Å². The third-order valence-electron chi connectivity index (χ3n) is 11.3. The molecular weight excluding hydrogens is 864 g/mol. The van der Waals surface area contributed by atoms with Gasteiger partial charge < -0.3 is 41.2 Å². The summed E-state index contributed by atoms with van der Waals surface area (Å²) < 4.78 is 17.5. The average Bonchev–Trinajstić information content (AvgIpc) is 3.88. The van der Waals surface area contributed by atoms with E-state index in [0.29, 0.717) is 22.3 Å². The van der Waals surface area contributed by atoms with Crippen molar-refractivity contribution in [3.63, 3.8) is 0 Å². The Morgan fingerprint density at radius 2 is 1.10 bits per heavy atom. The van der Waals surface area contributed by atoms with E-state index >= 15 is 0 Å². The summed E-state index contributed by atoms with van der Waals surface area (Å²) in [4.78, 5) is 49.9. The number of hydrogen-bond donors (Lipinski definition) is 6. The molecule has 0 radical (unpaired) electrons. The number of nitrogens with one attached hydrogen (secondary N) is 2. The van der Waals surface area contributed by atoms with Crippen molar-refractivity contribution in [2.24, 2.45) is 0 Å². The van der Waals surface area contributed by atoms with Crippen molar-refractivity contribution in [2.45, 2.75) is 123 Å². The summed E-state index contributed by atoms with van der Waals surface area (Å²) in [6.45, 7) is 22.0. The fourth-order valence-corrected chi connectivity index (χ4v) is 12.1. The molecule has 4 aromatic heterocycles. The normalized spacial score (nSPS) is 25.5. The van der Waals surface area contributed by atoms with Gasteiger partial charge in [-0.05, 0) is 59.5 Å². The van der Waals surface area contributed by atoms with Gasteiger partial charge in [0.05, 0.1) is 18.8 Å². The Labute approximate surface area is 358 Å². The number of carbonyl (C=O) groups is 2. The van der Waals surface area contributed by atoms with Gasteiger partial charge in [-0.15, -0.1) is 23.5 Å². The molecular formula is C34H54Cl2N12O6S2Si2. The first-order valence-electron chi connectivity index (χ1n) is 18.5. The van der Waals surface area contributed by atoms with E-state index in [-0.39, 0.29) is 49.5 Å². The molecule has 8 unspecified atom stereocenters. The second-order valence-electron chi connectivity index (χ2n) is 17.2. The number of halogens is 2. The zero-order valence-electron chi connectivity index (χ0n) is 34.6. The quantitative estimate of drug-likeness (QED) is 0.106. The van der Waals surface area contributed by atoms with Gasteiger partial charge in [-0.25, -0.2) is 9.97 Å². The largest absolute Gasteiger partial charge is 0.410 e. The summed E-state index contributed by atoms with van der Waals surface area (Å²) in [5.41, 5.74) is 13.5. The van der Waals surface area contributed by atoms with Gasteiger partial charge in [0.1, 0.15) is 50.6 Å². The highest BCUT2D eigenvalue weighted by atomic mass is 35.5. The minimum Gasteiger partial charge on any atom is -0.410 e. The van der Waals surface area contributed by atoms with Crippen molar-refractivity contribution in [1.82, 2.24) is 49.7 Å². The number of anilines is 2. The van der Waals surface area contributed by atoms with Gasteiger partial charge in [-0.1, -0.05) is 41.5 Å². The molecule has 320 valence electrons. The highest BCUT2D eigenvalue weighted by molar-refractivity contribution is 8.01. The molecule has 2 fully saturated rings. The van der Waals surface area contributed by atoms with Crippen molar-refractivity contribution < 1.29 is 28.7 Å². The second-order valence-corrected chi connectivity index (χ2v) is 29.9. The SMILES string of the molecule is CNC(=O)C1SC(n2cnc3c(N)nc(Cl)nc32)C(O)C1O.CNC(=O)C1SC(n2cnc3c(N)nc(Cl)nc32)C(O[Si](C)(C)C(C)(C)C)C1O[Si](C)(C)C(C)(C)C. The molecule has 58 heavy (non-hydrogen) atoms. The summed E-state index contributed by atoms with van der Waals surface area (Å²) in [5.74, 6) is -0.123. The zero-order chi connectivity index (χ0) is 43.4. The third kappa shape index (κ3) is 8.96. The van der Waals surface area contributed by atoms with Crippen LogP contribution in [-0.4, -0.2) is 127 Å². The fourth-order valence-electron chi connectivity index (χ4n) is 5.95. The lowest BCUT2D eigenvalue weighted by molar-refractivity contribution is -0.123. The first-order valence-corrected chi connectivity index (χ1v) is 27.0. The van der Waals surface area contributed by atoms with E-state index < -0.39 is 56.9 Å². The van der Waals surface area contributed by atoms with Gasteiger partial charge in [0.15, 0.2) is 39.6 Å². The number of nitrogen functional groups attached to an aromatic ring is 2. The number of fused-ring (bicyclic) bond motifs is 2. The lowest BCUT2D eigenvalue weighted by atomic mass is 10.1. The molecule has 2 saturated heterocycles. The number of aliphatic hydroxyl groups is 2. The van der Waals surface area contributed by atoms with Gasteiger partial charge in [-0.2, -0.15) is 19.9 Å². The number of nitrogens with two attached hydrogens (primary N) is 2. The van der Waals surface area contributed by atoms with Crippen molar-refractivity contribution in [3.05, 3.63) is 23.2 Å². The maximum Gasteiger partial charge on any atom is 0.235 e. The molecule has 2 aliphatic rings. The molecule has 2 aliphatic heterocycles. The zero-order valence-corrected chi connectivity index (χ0v) is 39.8. The van der Waals surface area contributed by atoms with Gasteiger partial charge in [0.25, 0.3) is 0 Å². The number of thioether (sulfide) groups is 2. The number of amides is 2. The second kappa shape index (κ2) is 16.9. The summed E-state index contributed by atoms with van der Waals surface area (Å²) in [7, 11) is -1.42. The van der Waals surface area contributed by atoms with Crippen molar-refractivity contribution in [3.8, 4) is 0 Å². The number of nitrogens with zero attached hydrogens (tertiary/aromatic N) is 8. The number of hydrogen-bond acceptors (Lipinski definition) is 16. The van der Waals surface area contributed by atoms with E-state index in [2.05, 4.69) is 108 Å². The van der Waals surface area contributed by atoms with E-state index in [0.717, 1.165) is 11.8 Å². The summed E-state index contributed by atoms with van der Waals surface area (Å²) in [6, 6.07) is 0. The van der Waals surface area contributed by atoms with E-state index in [4.69, 9.17) is 43.5 Å². The lowest BCUT2D eigenvalue weighted by Gasteiger charge is -2.44. The summed E-state index contributed by atoms with van der Waals surface area (Å²) in [6.07, 6.45) is -0.142. The van der Waals surface area contributed by atoms with Crippen LogP contribution >= 0.6 is 46.7 Å². The maximum atomic E-state index is 13.2. The van der Waals surface area contributed by atoms with E-state index in [1.807, 2.05) is 4.57 Å². The molecule has 6 rings (SSSR count). The van der Waals surface area contributed by atoms with Crippen LogP contribution in [0.15, 0.2) is 12.7 Å². The minimum absolute atomic E-state index is 0.0399. The lowest BCUT2D eigenvalue weighted by Crippen LogP contribution is -2.55. The van der Waals surface area contributed by atoms with E-state index in [1.165, 1.54) is 29.7 Å². The van der Waals surface area contributed by atoms with Crippen LogP contribution in [0, 0.1) is 0 Å². The Hall–Kier alpha value is -2.81. The molecule has 24 heteroatoms. The first kappa shape index (κ1) is 46.3. The summed E-state index contributed by atoms with van der Waals surface area (Å²) >= 11 is 14.6. The smallest absolute Gasteiger partial charge is 0.235 e. The maximum absolute atomic E-state index is 13.2. The molecule has 4 aromatic rings. The van der Waals surface area contributed by atoms with Gasteiger partial charge in [0, 0.05) is 14.1 Å². The van der Waals surface area contributed by atoms with Gasteiger partial charge >= 0.3 is 0 Å². The molecule has 6 heterocycles. The number of carbonyl (C=O) groups excluding carboxylic acids is 2. The molecule has 18 nitrogen and oxygen atoms in total. The Bertz CT molecular complexity index is 2170. The predicted molar refractivity (Wildman–Crippen MR) is 235 cm³/mol. The first-order chi connectivity index (χ1) is 26.7. The van der Waals surface area contributed by atoms with Crippen molar-refractivity contribution in [1.29, 1.82) is 0 Å². The summed E-state index contributed by atoms with van der Waals surface area (Å²) in [5, 5.41) is 23.3. The van der Waals surface area contributed by atoms with Crippen LogP contribution in [0.4, 0.5) is 11.6 Å². The molecule has 0 aromatic carbocycles. The molecule has 0 aliphatic carbocycles. The number of aromatic nitrogens is 8. The van der Waals surface area contributed by atoms with Crippen LogP contribution in [0.25, 0.3) is 22.3 Å². The van der Waals surface area contributed by atoms with Crippen LogP contribution < -0.4 is 22.1 Å². The van der Waals surface area contributed by atoms with Gasteiger partial charge in [-0.3, -0.25) is 18.7 Å².